The lowest BCUT2D eigenvalue weighted by Crippen LogP contribution is -2.47. The zero-order chi connectivity index (χ0) is 13.8. The molecule has 2 aliphatic rings. The van der Waals surface area contributed by atoms with Crippen LogP contribution in [0.5, 0.6) is 0 Å². The number of ether oxygens (including phenoxy) is 1. The summed E-state index contributed by atoms with van der Waals surface area (Å²) in [5.74, 6) is 2.65. The molecule has 2 heterocycles. The maximum absolute atomic E-state index is 9.40. The normalized spacial score (nSPS) is 22.6. The molecular formula is C15H23NO2S2. The monoisotopic (exact) mass is 313 g/mol. The molecule has 0 unspecified atom stereocenters. The predicted octanol–water partition coefficient (Wildman–Crippen LogP) is 3.43. The molecule has 20 heavy (non-hydrogen) atoms. The Morgan fingerprint density at radius 3 is 2.80 bits per heavy atom. The van der Waals surface area contributed by atoms with E-state index in [9.17, 15) is 5.11 Å². The molecule has 1 saturated carbocycles. The van der Waals surface area contributed by atoms with Crippen LogP contribution in [0.25, 0.3) is 0 Å². The zero-order valence-electron chi connectivity index (χ0n) is 11.8. The van der Waals surface area contributed by atoms with Crippen LogP contribution in [0.3, 0.4) is 0 Å². The van der Waals surface area contributed by atoms with E-state index >= 15 is 0 Å². The Hall–Kier alpha value is -0.100. The van der Waals surface area contributed by atoms with Crippen molar-refractivity contribution in [3.8, 4) is 0 Å². The number of rotatable bonds is 6. The molecule has 3 nitrogen and oxygen atoms in total. The van der Waals surface area contributed by atoms with Crippen LogP contribution in [0, 0.1) is 5.41 Å². The average molecular weight is 313 g/mol. The second-order valence-electron chi connectivity index (χ2n) is 6.16. The van der Waals surface area contributed by atoms with Gasteiger partial charge in [0.1, 0.15) is 0 Å². The van der Waals surface area contributed by atoms with Crippen molar-refractivity contribution in [2.45, 2.75) is 43.8 Å². The standard InChI is InChI=1S/C15H23NO2S2/c17-8-15(9-18-10-15)11-19-6-13-7-20-14(16-13)12-4-2-1-3-5-12/h7,12,17H,1-6,8-11H2. The molecule has 112 valence electrons. The smallest absolute Gasteiger partial charge is 0.0959 e. The van der Waals surface area contributed by atoms with Crippen LogP contribution in [0.15, 0.2) is 5.38 Å². The number of hydrogen-bond donors (Lipinski definition) is 1. The summed E-state index contributed by atoms with van der Waals surface area (Å²) in [6.45, 7) is 1.66. The van der Waals surface area contributed by atoms with E-state index in [1.807, 2.05) is 23.1 Å². The Morgan fingerprint density at radius 2 is 2.15 bits per heavy atom. The Morgan fingerprint density at radius 1 is 1.35 bits per heavy atom. The molecule has 1 aliphatic carbocycles. The Labute approximate surface area is 129 Å². The Balaban J connectivity index is 1.47. The summed E-state index contributed by atoms with van der Waals surface area (Å²) < 4.78 is 5.23. The number of thioether (sulfide) groups is 1. The number of aliphatic hydroxyl groups excluding tert-OH is 1. The summed E-state index contributed by atoms with van der Waals surface area (Å²) in [4.78, 5) is 4.83. The van der Waals surface area contributed by atoms with E-state index in [1.165, 1.54) is 42.8 Å². The van der Waals surface area contributed by atoms with Gasteiger partial charge in [-0.2, -0.15) is 11.8 Å². The molecule has 0 atom stereocenters. The highest BCUT2D eigenvalue weighted by atomic mass is 32.2. The lowest BCUT2D eigenvalue weighted by atomic mass is 9.90. The number of aliphatic hydroxyl groups is 1. The van der Waals surface area contributed by atoms with E-state index in [1.54, 1.807) is 0 Å². The van der Waals surface area contributed by atoms with Gasteiger partial charge in [0.05, 0.1) is 30.5 Å². The Bertz CT molecular complexity index is 420. The van der Waals surface area contributed by atoms with Gasteiger partial charge in [0.15, 0.2) is 0 Å². The molecule has 0 spiro atoms. The zero-order valence-corrected chi connectivity index (χ0v) is 13.5. The highest BCUT2D eigenvalue weighted by Crippen LogP contribution is 2.36. The van der Waals surface area contributed by atoms with Crippen molar-refractivity contribution in [3.05, 3.63) is 16.1 Å². The van der Waals surface area contributed by atoms with Gasteiger partial charge in [-0.3, -0.25) is 0 Å². The van der Waals surface area contributed by atoms with Crippen LogP contribution in [0.2, 0.25) is 0 Å². The predicted molar refractivity (Wildman–Crippen MR) is 84.4 cm³/mol. The van der Waals surface area contributed by atoms with Gasteiger partial charge in [0.2, 0.25) is 0 Å². The molecule has 0 bridgehead atoms. The summed E-state index contributed by atoms with van der Waals surface area (Å²) in [7, 11) is 0. The van der Waals surface area contributed by atoms with Crippen LogP contribution in [-0.4, -0.2) is 35.7 Å². The first kappa shape index (κ1) is 14.8. The quantitative estimate of drug-likeness (QED) is 0.873. The third-order valence-electron chi connectivity index (χ3n) is 4.33. The summed E-state index contributed by atoms with van der Waals surface area (Å²) in [5, 5.41) is 13.0. The van der Waals surface area contributed by atoms with Gasteiger partial charge in [-0.05, 0) is 12.8 Å². The minimum absolute atomic E-state index is 0.0207. The number of thiazole rings is 1. The van der Waals surface area contributed by atoms with Crippen molar-refractivity contribution < 1.29 is 9.84 Å². The van der Waals surface area contributed by atoms with Crippen molar-refractivity contribution >= 4 is 23.1 Å². The first-order chi connectivity index (χ1) is 9.81. The van der Waals surface area contributed by atoms with Gasteiger partial charge in [-0.1, -0.05) is 19.3 Å². The largest absolute Gasteiger partial charge is 0.396 e. The number of hydrogen-bond acceptors (Lipinski definition) is 5. The van der Waals surface area contributed by atoms with Gasteiger partial charge in [-0.25, -0.2) is 4.98 Å². The van der Waals surface area contributed by atoms with Crippen LogP contribution in [0.4, 0.5) is 0 Å². The maximum atomic E-state index is 9.40. The second kappa shape index (κ2) is 6.77. The molecule has 2 fully saturated rings. The van der Waals surface area contributed by atoms with Gasteiger partial charge in [0, 0.05) is 28.2 Å². The lowest BCUT2D eigenvalue weighted by Gasteiger charge is -2.39. The third-order valence-corrected chi connectivity index (χ3v) is 6.71. The van der Waals surface area contributed by atoms with Crippen LogP contribution in [-0.2, 0) is 10.5 Å². The third kappa shape index (κ3) is 3.38. The molecule has 0 aromatic carbocycles. The molecule has 5 heteroatoms. The van der Waals surface area contributed by atoms with Crippen LogP contribution >= 0.6 is 23.1 Å². The Kier molecular flexibility index (Phi) is 5.02. The fraction of sp³-hybridized carbons (Fsp3) is 0.800. The van der Waals surface area contributed by atoms with E-state index in [4.69, 9.17) is 9.72 Å². The molecule has 0 radical (unpaired) electrons. The van der Waals surface area contributed by atoms with Gasteiger partial charge >= 0.3 is 0 Å². The van der Waals surface area contributed by atoms with Crippen LogP contribution in [0.1, 0.15) is 48.7 Å². The topological polar surface area (TPSA) is 42.4 Å². The minimum Gasteiger partial charge on any atom is -0.396 e. The summed E-state index contributed by atoms with van der Waals surface area (Å²) in [5.41, 5.74) is 1.24. The van der Waals surface area contributed by atoms with Crippen molar-refractivity contribution in [1.29, 1.82) is 0 Å². The highest BCUT2D eigenvalue weighted by Gasteiger charge is 2.37. The molecule has 1 aliphatic heterocycles. The summed E-state index contributed by atoms with van der Waals surface area (Å²) >= 11 is 3.72. The molecule has 1 aromatic heterocycles. The molecular weight excluding hydrogens is 290 g/mol. The van der Waals surface area contributed by atoms with Crippen molar-refractivity contribution in [2.24, 2.45) is 5.41 Å². The lowest BCUT2D eigenvalue weighted by molar-refractivity contribution is -0.121. The molecule has 1 aromatic rings. The SMILES string of the molecule is OCC1(CSCc2csc(C3CCCCC3)n2)COC1. The van der Waals surface area contributed by atoms with E-state index in [0.717, 1.165) is 17.4 Å². The van der Waals surface area contributed by atoms with E-state index < -0.39 is 0 Å². The minimum atomic E-state index is 0.0207. The second-order valence-corrected chi connectivity index (χ2v) is 8.03. The fourth-order valence-corrected chi connectivity index (χ4v) is 5.16. The van der Waals surface area contributed by atoms with E-state index in [0.29, 0.717) is 13.2 Å². The molecule has 0 amide bonds. The first-order valence-corrected chi connectivity index (χ1v) is 9.55. The van der Waals surface area contributed by atoms with E-state index in [2.05, 4.69) is 5.38 Å². The highest BCUT2D eigenvalue weighted by molar-refractivity contribution is 7.98. The average Bonchev–Trinajstić information content (AvgIpc) is 2.92. The maximum Gasteiger partial charge on any atom is 0.0959 e. The molecule has 1 saturated heterocycles. The van der Waals surface area contributed by atoms with E-state index in [-0.39, 0.29) is 12.0 Å². The molecule has 3 rings (SSSR count). The van der Waals surface area contributed by atoms with Crippen molar-refractivity contribution in [3.63, 3.8) is 0 Å². The van der Waals surface area contributed by atoms with Crippen LogP contribution < -0.4 is 0 Å². The number of aromatic nitrogens is 1. The summed E-state index contributed by atoms with van der Waals surface area (Å²) in [6, 6.07) is 0. The first-order valence-electron chi connectivity index (χ1n) is 7.52. The van der Waals surface area contributed by atoms with Crippen molar-refractivity contribution in [1.82, 2.24) is 4.98 Å². The molecule has 1 N–H and O–H groups in total. The van der Waals surface area contributed by atoms with Gasteiger partial charge in [-0.15, -0.1) is 11.3 Å². The number of nitrogens with zero attached hydrogens (tertiary/aromatic N) is 1. The summed E-state index contributed by atoms with van der Waals surface area (Å²) in [6.07, 6.45) is 6.78. The fourth-order valence-electron chi connectivity index (χ4n) is 2.91. The van der Waals surface area contributed by atoms with Gasteiger partial charge in [0.25, 0.3) is 0 Å². The van der Waals surface area contributed by atoms with Gasteiger partial charge < -0.3 is 9.84 Å². The van der Waals surface area contributed by atoms with Crippen molar-refractivity contribution in [2.75, 3.05) is 25.6 Å².